The van der Waals surface area contributed by atoms with Gasteiger partial charge in [-0.25, -0.2) is 0 Å². The number of nitrogens with zero attached hydrogens (tertiary/aromatic N) is 1. The van der Waals surface area contributed by atoms with E-state index in [1.54, 1.807) is 7.11 Å². The van der Waals surface area contributed by atoms with Crippen LogP contribution in [-0.2, 0) is 0 Å². The van der Waals surface area contributed by atoms with Crippen LogP contribution in [0.3, 0.4) is 0 Å². The SMILES string of the molecule is CCN(c1cc(OC)ccc1N)C1CCCC1. The minimum absolute atomic E-state index is 0.648. The second kappa shape index (κ2) is 5.30. The van der Waals surface area contributed by atoms with Gasteiger partial charge in [-0.2, -0.15) is 0 Å². The zero-order chi connectivity index (χ0) is 12.3. The maximum atomic E-state index is 6.09. The third-order valence-electron chi connectivity index (χ3n) is 3.65. The fraction of sp³-hybridized carbons (Fsp3) is 0.571. The molecule has 1 aliphatic carbocycles. The molecular weight excluding hydrogens is 212 g/mol. The van der Waals surface area contributed by atoms with Gasteiger partial charge in [0.2, 0.25) is 0 Å². The molecule has 1 fully saturated rings. The first kappa shape index (κ1) is 12.1. The molecule has 1 saturated carbocycles. The summed E-state index contributed by atoms with van der Waals surface area (Å²) in [6.07, 6.45) is 5.24. The maximum Gasteiger partial charge on any atom is 0.121 e. The molecule has 2 rings (SSSR count). The molecule has 1 aliphatic rings. The van der Waals surface area contributed by atoms with Crippen LogP contribution in [0.1, 0.15) is 32.6 Å². The van der Waals surface area contributed by atoms with Gasteiger partial charge in [0.15, 0.2) is 0 Å². The molecule has 1 aromatic carbocycles. The van der Waals surface area contributed by atoms with Crippen molar-refractivity contribution in [1.82, 2.24) is 0 Å². The molecule has 3 heteroatoms. The van der Waals surface area contributed by atoms with E-state index in [-0.39, 0.29) is 0 Å². The highest BCUT2D eigenvalue weighted by molar-refractivity contribution is 5.70. The Morgan fingerprint density at radius 2 is 2.06 bits per heavy atom. The van der Waals surface area contributed by atoms with Crippen LogP contribution >= 0.6 is 0 Å². The molecule has 0 saturated heterocycles. The summed E-state index contributed by atoms with van der Waals surface area (Å²) in [5.41, 5.74) is 8.06. The van der Waals surface area contributed by atoms with Crippen molar-refractivity contribution in [3.05, 3.63) is 18.2 Å². The Morgan fingerprint density at radius 3 is 2.65 bits per heavy atom. The lowest BCUT2D eigenvalue weighted by Crippen LogP contribution is -2.33. The van der Waals surface area contributed by atoms with Gasteiger partial charge < -0.3 is 15.4 Å². The standard InChI is InChI=1S/C14H22N2O/c1-3-16(11-6-4-5-7-11)14-10-12(17-2)8-9-13(14)15/h8-11H,3-7,15H2,1-2H3. The molecule has 0 amide bonds. The number of hydrogen-bond acceptors (Lipinski definition) is 3. The summed E-state index contributed by atoms with van der Waals surface area (Å²) in [5, 5.41) is 0. The predicted molar refractivity (Wildman–Crippen MR) is 72.7 cm³/mol. The average molecular weight is 234 g/mol. The van der Waals surface area contributed by atoms with E-state index in [0.29, 0.717) is 6.04 Å². The maximum absolute atomic E-state index is 6.09. The summed E-state index contributed by atoms with van der Waals surface area (Å²) in [7, 11) is 1.70. The van der Waals surface area contributed by atoms with Gasteiger partial charge in [0.05, 0.1) is 18.5 Å². The molecule has 94 valence electrons. The molecule has 0 radical (unpaired) electrons. The molecule has 0 bridgehead atoms. The van der Waals surface area contributed by atoms with Crippen LogP contribution in [0.4, 0.5) is 11.4 Å². The number of anilines is 2. The van der Waals surface area contributed by atoms with Gasteiger partial charge in [-0.05, 0) is 31.9 Å². The minimum Gasteiger partial charge on any atom is -0.497 e. The second-order valence-electron chi connectivity index (χ2n) is 4.65. The van der Waals surface area contributed by atoms with Crippen molar-refractivity contribution in [1.29, 1.82) is 0 Å². The van der Waals surface area contributed by atoms with Crippen molar-refractivity contribution in [3.8, 4) is 5.75 Å². The highest BCUT2D eigenvalue weighted by Crippen LogP contribution is 2.33. The summed E-state index contributed by atoms with van der Waals surface area (Å²) in [4.78, 5) is 2.42. The Bertz CT molecular complexity index is 372. The van der Waals surface area contributed by atoms with E-state index < -0.39 is 0 Å². The van der Waals surface area contributed by atoms with Crippen LogP contribution in [0.2, 0.25) is 0 Å². The van der Waals surface area contributed by atoms with Gasteiger partial charge >= 0.3 is 0 Å². The third-order valence-corrected chi connectivity index (χ3v) is 3.65. The molecule has 2 N–H and O–H groups in total. The van der Waals surface area contributed by atoms with E-state index in [4.69, 9.17) is 10.5 Å². The lowest BCUT2D eigenvalue weighted by Gasteiger charge is -2.31. The first-order valence-electron chi connectivity index (χ1n) is 6.46. The molecule has 0 spiro atoms. The third kappa shape index (κ3) is 2.48. The highest BCUT2D eigenvalue weighted by Gasteiger charge is 2.23. The van der Waals surface area contributed by atoms with Crippen LogP contribution in [-0.4, -0.2) is 19.7 Å². The zero-order valence-electron chi connectivity index (χ0n) is 10.8. The molecule has 0 atom stereocenters. The van der Waals surface area contributed by atoms with Crippen LogP contribution in [0.15, 0.2) is 18.2 Å². The molecule has 0 aromatic heterocycles. The van der Waals surface area contributed by atoms with Crippen LogP contribution in [0, 0.1) is 0 Å². The van der Waals surface area contributed by atoms with Crippen molar-refractivity contribution in [2.24, 2.45) is 0 Å². The first-order chi connectivity index (χ1) is 8.26. The predicted octanol–water partition coefficient (Wildman–Crippen LogP) is 3.05. The quantitative estimate of drug-likeness (QED) is 0.814. The molecule has 3 nitrogen and oxygen atoms in total. The second-order valence-corrected chi connectivity index (χ2v) is 4.65. The molecule has 1 aromatic rings. The lowest BCUT2D eigenvalue weighted by molar-refractivity contribution is 0.414. The van der Waals surface area contributed by atoms with Crippen LogP contribution in [0.25, 0.3) is 0 Å². The van der Waals surface area contributed by atoms with Gasteiger partial charge in [-0.1, -0.05) is 12.8 Å². The van der Waals surface area contributed by atoms with E-state index in [1.807, 2.05) is 12.1 Å². The van der Waals surface area contributed by atoms with Gasteiger partial charge in [-0.3, -0.25) is 0 Å². The molecule has 0 heterocycles. The van der Waals surface area contributed by atoms with Crippen molar-refractivity contribution in [2.75, 3.05) is 24.3 Å². The van der Waals surface area contributed by atoms with Crippen molar-refractivity contribution in [2.45, 2.75) is 38.6 Å². The van der Waals surface area contributed by atoms with Crippen LogP contribution in [0.5, 0.6) is 5.75 Å². The molecule has 0 aliphatic heterocycles. The number of hydrogen-bond donors (Lipinski definition) is 1. The van der Waals surface area contributed by atoms with Gasteiger partial charge in [0, 0.05) is 18.7 Å². The average Bonchev–Trinajstić information content (AvgIpc) is 2.86. The van der Waals surface area contributed by atoms with E-state index in [2.05, 4.69) is 17.9 Å². The molecular formula is C14H22N2O. The summed E-state index contributed by atoms with van der Waals surface area (Å²) in [5.74, 6) is 0.880. The fourth-order valence-corrected chi connectivity index (χ4v) is 2.74. The Balaban J connectivity index is 2.28. The lowest BCUT2D eigenvalue weighted by atomic mass is 10.1. The van der Waals surface area contributed by atoms with E-state index >= 15 is 0 Å². The van der Waals surface area contributed by atoms with E-state index in [0.717, 1.165) is 23.7 Å². The monoisotopic (exact) mass is 234 g/mol. The normalized spacial score (nSPS) is 16.1. The van der Waals surface area contributed by atoms with Crippen molar-refractivity contribution in [3.63, 3.8) is 0 Å². The smallest absolute Gasteiger partial charge is 0.121 e. The number of rotatable bonds is 4. The number of nitrogen functional groups attached to an aromatic ring is 1. The number of benzene rings is 1. The van der Waals surface area contributed by atoms with E-state index in [1.165, 1.54) is 25.7 Å². The number of nitrogens with two attached hydrogens (primary N) is 1. The summed E-state index contributed by atoms with van der Waals surface area (Å²) >= 11 is 0. The van der Waals surface area contributed by atoms with Gasteiger partial charge in [-0.15, -0.1) is 0 Å². The largest absolute Gasteiger partial charge is 0.497 e. The summed E-state index contributed by atoms with van der Waals surface area (Å²) in [6.45, 7) is 3.19. The van der Waals surface area contributed by atoms with Gasteiger partial charge in [0.1, 0.15) is 5.75 Å². The zero-order valence-corrected chi connectivity index (χ0v) is 10.8. The molecule has 17 heavy (non-hydrogen) atoms. The van der Waals surface area contributed by atoms with Crippen molar-refractivity contribution >= 4 is 11.4 Å². The Labute approximate surface area is 104 Å². The first-order valence-corrected chi connectivity index (χ1v) is 6.46. The Morgan fingerprint density at radius 1 is 1.35 bits per heavy atom. The summed E-state index contributed by atoms with van der Waals surface area (Å²) < 4.78 is 5.28. The Hall–Kier alpha value is -1.38. The molecule has 0 unspecified atom stereocenters. The topological polar surface area (TPSA) is 38.5 Å². The summed E-state index contributed by atoms with van der Waals surface area (Å²) in [6, 6.07) is 6.55. The van der Waals surface area contributed by atoms with Crippen molar-refractivity contribution < 1.29 is 4.74 Å². The van der Waals surface area contributed by atoms with E-state index in [9.17, 15) is 0 Å². The Kier molecular flexibility index (Phi) is 3.77. The minimum atomic E-state index is 0.648. The fourth-order valence-electron chi connectivity index (χ4n) is 2.74. The number of methoxy groups -OCH3 is 1. The highest BCUT2D eigenvalue weighted by atomic mass is 16.5. The van der Waals surface area contributed by atoms with Gasteiger partial charge in [0.25, 0.3) is 0 Å². The van der Waals surface area contributed by atoms with Crippen LogP contribution < -0.4 is 15.4 Å². The number of ether oxygens (including phenoxy) is 1.